The monoisotopic (exact) mass is 277 g/mol. The van der Waals surface area contributed by atoms with Gasteiger partial charge in [0.05, 0.1) is 30.2 Å². The van der Waals surface area contributed by atoms with Gasteiger partial charge in [0.1, 0.15) is 5.82 Å². The number of amides is 2. The zero-order valence-corrected chi connectivity index (χ0v) is 10.6. The van der Waals surface area contributed by atoms with Crippen LogP contribution in [0.1, 0.15) is 10.4 Å². The minimum Gasteiger partial charge on any atom is -0.358 e. The molecule has 0 saturated carbocycles. The van der Waals surface area contributed by atoms with Gasteiger partial charge in [-0.15, -0.1) is 5.10 Å². The molecule has 2 amide bonds. The van der Waals surface area contributed by atoms with Crippen LogP contribution in [0, 0.1) is 5.82 Å². The van der Waals surface area contributed by atoms with E-state index in [1.54, 1.807) is 6.20 Å². The van der Waals surface area contributed by atoms with Crippen LogP contribution in [0.5, 0.6) is 0 Å². The van der Waals surface area contributed by atoms with Gasteiger partial charge in [0.15, 0.2) is 0 Å². The van der Waals surface area contributed by atoms with Gasteiger partial charge in [0.25, 0.3) is 5.91 Å². The molecule has 1 aromatic carbocycles. The van der Waals surface area contributed by atoms with E-state index in [9.17, 15) is 14.0 Å². The van der Waals surface area contributed by atoms with E-state index in [0.717, 1.165) is 6.07 Å². The van der Waals surface area contributed by atoms with E-state index < -0.39 is 11.7 Å². The third kappa shape index (κ3) is 2.97. The number of carbonyl (C=O) groups is 2. The maximum absolute atomic E-state index is 13.7. The maximum Gasteiger partial charge on any atom is 0.254 e. The number of hydrogen-bond donors (Lipinski definition) is 2. The Kier molecular flexibility index (Phi) is 4.04. The Morgan fingerprint density at radius 3 is 2.85 bits per heavy atom. The Morgan fingerprint density at radius 1 is 1.40 bits per heavy atom. The Morgan fingerprint density at radius 2 is 2.20 bits per heavy atom. The van der Waals surface area contributed by atoms with Crippen LogP contribution in [-0.4, -0.2) is 40.4 Å². The number of benzene rings is 1. The Bertz CT molecular complexity index is 627. The van der Waals surface area contributed by atoms with E-state index in [4.69, 9.17) is 0 Å². The molecular formula is C12H12FN5O2. The molecule has 0 aliphatic heterocycles. The van der Waals surface area contributed by atoms with Gasteiger partial charge < -0.3 is 10.6 Å². The summed E-state index contributed by atoms with van der Waals surface area (Å²) in [6.45, 7) is -0.220. The van der Waals surface area contributed by atoms with Crippen molar-refractivity contribution in [3.8, 4) is 5.69 Å². The lowest BCUT2D eigenvalue weighted by molar-refractivity contribution is -0.119. The average Bonchev–Trinajstić information content (AvgIpc) is 2.99. The molecular weight excluding hydrogens is 265 g/mol. The van der Waals surface area contributed by atoms with Crippen molar-refractivity contribution in [3.63, 3.8) is 0 Å². The molecule has 1 heterocycles. The van der Waals surface area contributed by atoms with Gasteiger partial charge in [-0.1, -0.05) is 5.21 Å². The number of aromatic nitrogens is 3. The lowest BCUT2D eigenvalue weighted by Gasteiger charge is -2.07. The topological polar surface area (TPSA) is 88.9 Å². The largest absolute Gasteiger partial charge is 0.358 e. The molecule has 0 aliphatic carbocycles. The lowest BCUT2D eigenvalue weighted by Crippen LogP contribution is -2.35. The first-order valence-electron chi connectivity index (χ1n) is 5.77. The molecule has 8 heteroatoms. The van der Waals surface area contributed by atoms with Crippen molar-refractivity contribution in [2.75, 3.05) is 13.6 Å². The van der Waals surface area contributed by atoms with Crippen molar-refractivity contribution in [1.29, 1.82) is 0 Å². The van der Waals surface area contributed by atoms with Crippen LogP contribution in [0.25, 0.3) is 5.69 Å². The first kappa shape index (κ1) is 13.7. The van der Waals surface area contributed by atoms with Gasteiger partial charge in [0.2, 0.25) is 5.91 Å². The number of nitrogens with zero attached hydrogens (tertiary/aromatic N) is 3. The Hall–Kier alpha value is -2.77. The van der Waals surface area contributed by atoms with E-state index in [2.05, 4.69) is 20.9 Å². The molecule has 0 spiro atoms. The molecule has 0 saturated heterocycles. The van der Waals surface area contributed by atoms with Crippen LogP contribution in [0.3, 0.4) is 0 Å². The molecule has 1 aromatic heterocycles. The van der Waals surface area contributed by atoms with E-state index in [1.165, 1.54) is 30.1 Å². The second-order valence-corrected chi connectivity index (χ2v) is 3.87. The fourth-order valence-electron chi connectivity index (χ4n) is 1.52. The molecule has 7 nitrogen and oxygen atoms in total. The average molecular weight is 277 g/mol. The molecule has 2 N–H and O–H groups in total. The molecule has 104 valence electrons. The van der Waals surface area contributed by atoms with Gasteiger partial charge in [-0.2, -0.15) is 0 Å². The first-order chi connectivity index (χ1) is 9.61. The van der Waals surface area contributed by atoms with Crippen LogP contribution in [0.15, 0.2) is 30.6 Å². The quantitative estimate of drug-likeness (QED) is 0.815. The van der Waals surface area contributed by atoms with Crippen LogP contribution in [0.4, 0.5) is 4.39 Å². The Balaban J connectivity index is 2.20. The van der Waals surface area contributed by atoms with Gasteiger partial charge in [-0.25, -0.2) is 9.07 Å². The SMILES string of the molecule is CNC(=O)CNC(=O)c1cc(-n2ccnn2)ccc1F. The number of nitrogens with one attached hydrogen (secondary N) is 2. The molecule has 0 atom stereocenters. The van der Waals surface area contributed by atoms with Gasteiger partial charge in [-0.05, 0) is 18.2 Å². The highest BCUT2D eigenvalue weighted by Crippen LogP contribution is 2.13. The highest BCUT2D eigenvalue weighted by atomic mass is 19.1. The number of halogens is 1. The summed E-state index contributed by atoms with van der Waals surface area (Å²) in [7, 11) is 1.44. The van der Waals surface area contributed by atoms with Gasteiger partial charge >= 0.3 is 0 Å². The highest BCUT2D eigenvalue weighted by molar-refractivity contribution is 5.97. The van der Waals surface area contributed by atoms with Crippen molar-refractivity contribution < 1.29 is 14.0 Å². The van der Waals surface area contributed by atoms with Crippen LogP contribution >= 0.6 is 0 Å². The van der Waals surface area contributed by atoms with Crippen LogP contribution in [0.2, 0.25) is 0 Å². The lowest BCUT2D eigenvalue weighted by atomic mass is 10.1. The molecule has 2 rings (SSSR count). The summed E-state index contributed by atoms with van der Waals surface area (Å²) in [6.07, 6.45) is 3.04. The van der Waals surface area contributed by atoms with Crippen molar-refractivity contribution in [2.24, 2.45) is 0 Å². The van der Waals surface area contributed by atoms with Crippen molar-refractivity contribution in [1.82, 2.24) is 25.6 Å². The summed E-state index contributed by atoms with van der Waals surface area (Å²) in [6, 6.07) is 3.97. The summed E-state index contributed by atoms with van der Waals surface area (Å²) in [4.78, 5) is 22.9. The zero-order valence-electron chi connectivity index (χ0n) is 10.6. The van der Waals surface area contributed by atoms with Gasteiger partial charge in [0, 0.05) is 7.05 Å². The van der Waals surface area contributed by atoms with Crippen LogP contribution < -0.4 is 10.6 Å². The third-order valence-electron chi connectivity index (χ3n) is 2.57. The van der Waals surface area contributed by atoms with E-state index in [-0.39, 0.29) is 18.0 Å². The molecule has 0 unspecified atom stereocenters. The summed E-state index contributed by atoms with van der Waals surface area (Å²) < 4.78 is 15.1. The maximum atomic E-state index is 13.7. The molecule has 0 fully saturated rings. The van der Waals surface area contributed by atoms with Crippen molar-refractivity contribution in [3.05, 3.63) is 42.0 Å². The fourth-order valence-corrected chi connectivity index (χ4v) is 1.52. The van der Waals surface area contributed by atoms with E-state index in [1.807, 2.05) is 0 Å². The summed E-state index contributed by atoms with van der Waals surface area (Å²) in [5, 5.41) is 12.1. The molecule has 0 aliphatic rings. The zero-order chi connectivity index (χ0) is 14.5. The summed E-state index contributed by atoms with van der Waals surface area (Å²) in [5.74, 6) is -1.72. The Labute approximate surface area is 113 Å². The minimum atomic E-state index is -0.678. The van der Waals surface area contributed by atoms with E-state index >= 15 is 0 Å². The number of carbonyl (C=O) groups excluding carboxylic acids is 2. The second-order valence-electron chi connectivity index (χ2n) is 3.87. The molecule has 20 heavy (non-hydrogen) atoms. The normalized spacial score (nSPS) is 10.1. The van der Waals surface area contributed by atoms with Crippen molar-refractivity contribution >= 4 is 11.8 Å². The predicted octanol–water partition coefficient (Wildman–Crippen LogP) is -0.118. The smallest absolute Gasteiger partial charge is 0.254 e. The minimum absolute atomic E-state index is 0.165. The van der Waals surface area contributed by atoms with Crippen LogP contribution in [-0.2, 0) is 4.79 Å². The summed E-state index contributed by atoms with van der Waals surface area (Å²) >= 11 is 0. The highest BCUT2D eigenvalue weighted by Gasteiger charge is 2.14. The number of hydrogen-bond acceptors (Lipinski definition) is 4. The summed E-state index contributed by atoms with van der Waals surface area (Å²) in [5.41, 5.74) is 0.330. The third-order valence-corrected chi connectivity index (χ3v) is 2.57. The number of likely N-dealkylation sites (N-methyl/N-ethyl adjacent to an activating group) is 1. The second kappa shape index (κ2) is 5.91. The fraction of sp³-hybridized carbons (Fsp3) is 0.167. The number of rotatable bonds is 4. The van der Waals surface area contributed by atoms with E-state index in [0.29, 0.717) is 5.69 Å². The van der Waals surface area contributed by atoms with Crippen molar-refractivity contribution in [2.45, 2.75) is 0 Å². The predicted molar refractivity (Wildman–Crippen MR) is 67.7 cm³/mol. The molecule has 0 bridgehead atoms. The first-order valence-corrected chi connectivity index (χ1v) is 5.77. The molecule has 0 radical (unpaired) electrons. The standard InChI is InChI=1S/C12H12FN5O2/c1-14-11(19)7-15-12(20)9-6-8(2-3-10(9)13)18-5-4-16-17-18/h2-6H,7H2,1H3,(H,14,19)(H,15,20). The van der Waals surface area contributed by atoms with Gasteiger partial charge in [-0.3, -0.25) is 9.59 Å². The molecule has 2 aromatic rings.